The van der Waals surface area contributed by atoms with E-state index < -0.39 is 8.56 Å². The third-order valence-corrected chi connectivity index (χ3v) is 8.06. The standard InChI is InChI=1S/C13H24N3Si.Li/c1-12-8-10-13(11-9-12)17(14(2)3,15(4)5)16(6)7;/h8-11H,1H2,2-7H3;/q-1;+1. The summed E-state index contributed by atoms with van der Waals surface area (Å²) < 4.78 is 7.06. The Bertz CT molecular complexity index is 341. The van der Waals surface area contributed by atoms with E-state index >= 15 is 0 Å². The molecule has 1 aromatic rings. The summed E-state index contributed by atoms with van der Waals surface area (Å²) in [5, 5.41) is 1.38. The van der Waals surface area contributed by atoms with Crippen LogP contribution in [0.5, 0.6) is 0 Å². The largest absolute Gasteiger partial charge is 1.00 e. The molecular weight excluding hydrogens is 233 g/mol. The van der Waals surface area contributed by atoms with Crippen LogP contribution in [0.25, 0.3) is 0 Å². The Hall–Kier alpha value is -0.216. The topological polar surface area (TPSA) is 9.72 Å². The third kappa shape index (κ3) is 3.02. The van der Waals surface area contributed by atoms with Crippen LogP contribution in [0.15, 0.2) is 24.3 Å². The van der Waals surface area contributed by atoms with Crippen LogP contribution in [0, 0.1) is 6.92 Å². The maximum absolute atomic E-state index is 3.95. The summed E-state index contributed by atoms with van der Waals surface area (Å²) in [5.41, 5.74) is 1.06. The van der Waals surface area contributed by atoms with Gasteiger partial charge >= 0.3 is 27.4 Å². The molecule has 18 heavy (non-hydrogen) atoms. The second-order valence-electron chi connectivity index (χ2n) is 5.02. The fraction of sp³-hybridized carbons (Fsp3) is 0.462. The van der Waals surface area contributed by atoms with E-state index in [9.17, 15) is 0 Å². The average Bonchev–Trinajstić information content (AvgIpc) is 2.20. The van der Waals surface area contributed by atoms with E-state index in [0.717, 1.165) is 5.56 Å². The molecule has 1 aromatic carbocycles. The van der Waals surface area contributed by atoms with E-state index in [1.165, 1.54) is 5.19 Å². The molecule has 0 saturated carbocycles. The summed E-state index contributed by atoms with van der Waals surface area (Å²) in [4.78, 5) is 0. The van der Waals surface area contributed by atoms with Gasteiger partial charge in [-0.1, -0.05) is 0 Å². The normalized spacial score (nSPS) is 12.1. The Morgan fingerprint density at radius 2 is 1.11 bits per heavy atom. The SMILES string of the molecule is [CH2-]c1ccc([Si](N(C)C)(N(C)C)N(C)C)cc1.[Li+]. The average molecular weight is 257 g/mol. The van der Waals surface area contributed by atoms with Crippen LogP contribution in [0.4, 0.5) is 0 Å². The van der Waals surface area contributed by atoms with Crippen LogP contribution < -0.4 is 24.0 Å². The summed E-state index contributed by atoms with van der Waals surface area (Å²) in [6.45, 7) is 3.95. The van der Waals surface area contributed by atoms with Crippen molar-refractivity contribution in [3.8, 4) is 0 Å². The molecule has 0 N–H and O–H groups in total. The summed E-state index contributed by atoms with van der Waals surface area (Å²) in [6.07, 6.45) is 0. The van der Waals surface area contributed by atoms with Crippen LogP contribution in [0.1, 0.15) is 5.56 Å². The Labute approximate surface area is 125 Å². The molecular formula is C13H24LiN3Si. The van der Waals surface area contributed by atoms with Crippen LogP contribution in [0.2, 0.25) is 0 Å². The van der Waals surface area contributed by atoms with Crippen molar-refractivity contribution in [3.05, 3.63) is 36.8 Å². The van der Waals surface area contributed by atoms with E-state index in [-0.39, 0.29) is 18.9 Å². The van der Waals surface area contributed by atoms with Gasteiger partial charge in [0.25, 0.3) is 0 Å². The van der Waals surface area contributed by atoms with E-state index in [0.29, 0.717) is 0 Å². The Morgan fingerprint density at radius 1 is 0.778 bits per heavy atom. The van der Waals surface area contributed by atoms with E-state index in [1.54, 1.807) is 0 Å². The number of benzene rings is 1. The van der Waals surface area contributed by atoms with Gasteiger partial charge in [-0.3, -0.25) is 0 Å². The number of rotatable bonds is 4. The van der Waals surface area contributed by atoms with Crippen molar-refractivity contribution in [2.24, 2.45) is 0 Å². The molecule has 0 spiro atoms. The molecule has 5 heteroatoms. The monoisotopic (exact) mass is 257 g/mol. The second kappa shape index (κ2) is 6.81. The molecule has 0 aliphatic carbocycles. The summed E-state index contributed by atoms with van der Waals surface area (Å²) in [7, 11) is 11.0. The van der Waals surface area contributed by atoms with Crippen molar-refractivity contribution < 1.29 is 18.9 Å². The Morgan fingerprint density at radius 3 is 1.39 bits per heavy atom. The van der Waals surface area contributed by atoms with Gasteiger partial charge < -0.3 is 13.7 Å². The first-order valence-electron chi connectivity index (χ1n) is 5.78. The van der Waals surface area contributed by atoms with Crippen molar-refractivity contribution in [1.29, 1.82) is 0 Å². The second-order valence-corrected chi connectivity index (χ2v) is 9.55. The smallest absolute Gasteiger partial charge is 0.301 e. The summed E-state index contributed by atoms with van der Waals surface area (Å²) >= 11 is 0. The molecule has 0 saturated heterocycles. The van der Waals surface area contributed by atoms with Gasteiger partial charge in [-0.25, -0.2) is 0 Å². The van der Waals surface area contributed by atoms with Crippen LogP contribution in [0.3, 0.4) is 0 Å². The third-order valence-electron chi connectivity index (χ3n) is 3.21. The fourth-order valence-corrected chi connectivity index (χ4v) is 7.27. The minimum atomic E-state index is -1.95. The van der Waals surface area contributed by atoms with Gasteiger partial charge in [0, 0.05) is 0 Å². The van der Waals surface area contributed by atoms with Crippen molar-refractivity contribution >= 4 is 13.7 Å². The van der Waals surface area contributed by atoms with Crippen LogP contribution in [-0.4, -0.2) is 64.5 Å². The minimum absolute atomic E-state index is 0. The molecule has 0 aliphatic rings. The van der Waals surface area contributed by atoms with Gasteiger partial charge in [-0.05, 0) is 47.5 Å². The minimum Gasteiger partial charge on any atom is -0.301 e. The van der Waals surface area contributed by atoms with Gasteiger partial charge in [-0.2, -0.15) is 24.6 Å². The van der Waals surface area contributed by atoms with E-state index in [1.807, 2.05) is 0 Å². The molecule has 96 valence electrons. The quantitative estimate of drug-likeness (QED) is 0.444. The molecule has 0 aromatic heterocycles. The Balaban J connectivity index is 0.00000289. The fourth-order valence-electron chi connectivity index (χ4n) is 2.70. The van der Waals surface area contributed by atoms with Crippen LogP contribution in [-0.2, 0) is 0 Å². The zero-order valence-corrected chi connectivity index (χ0v) is 13.9. The van der Waals surface area contributed by atoms with Crippen molar-refractivity contribution in [2.75, 3.05) is 42.3 Å². The van der Waals surface area contributed by atoms with Crippen molar-refractivity contribution in [1.82, 2.24) is 13.7 Å². The predicted molar refractivity (Wildman–Crippen MR) is 77.4 cm³/mol. The van der Waals surface area contributed by atoms with E-state index in [2.05, 4.69) is 87.2 Å². The van der Waals surface area contributed by atoms with Gasteiger partial charge in [-0.15, -0.1) is 12.1 Å². The summed E-state index contributed by atoms with van der Waals surface area (Å²) in [5.74, 6) is 0. The number of hydrogen-bond donors (Lipinski definition) is 0. The molecule has 0 heterocycles. The van der Waals surface area contributed by atoms with Gasteiger partial charge in [0.1, 0.15) is 0 Å². The maximum Gasteiger partial charge on any atom is 1.00 e. The molecule has 0 atom stereocenters. The van der Waals surface area contributed by atoms with Crippen molar-refractivity contribution in [3.63, 3.8) is 0 Å². The first-order chi connectivity index (χ1) is 7.83. The van der Waals surface area contributed by atoms with Gasteiger partial charge in [0.15, 0.2) is 0 Å². The molecule has 0 radical (unpaired) electrons. The summed E-state index contributed by atoms with van der Waals surface area (Å²) in [6, 6.07) is 8.59. The molecule has 1 rings (SSSR count). The molecule has 3 nitrogen and oxygen atoms in total. The Kier molecular flexibility index (Phi) is 6.73. The molecule has 0 unspecified atom stereocenters. The first kappa shape index (κ1) is 17.8. The molecule has 0 amide bonds. The maximum atomic E-state index is 3.95. The van der Waals surface area contributed by atoms with Gasteiger partial charge in [0.2, 0.25) is 0 Å². The first-order valence-corrected chi connectivity index (χ1v) is 7.62. The zero-order valence-electron chi connectivity index (χ0n) is 12.9. The van der Waals surface area contributed by atoms with Gasteiger partial charge in [0.05, 0.1) is 0 Å². The molecule has 0 aliphatic heterocycles. The predicted octanol–water partition coefficient (Wildman–Crippen LogP) is -2.30. The number of hydrogen-bond acceptors (Lipinski definition) is 3. The number of nitrogens with zero attached hydrogens (tertiary/aromatic N) is 3. The molecule has 0 fully saturated rings. The van der Waals surface area contributed by atoms with Crippen LogP contribution >= 0.6 is 0 Å². The molecule has 0 bridgehead atoms. The van der Waals surface area contributed by atoms with E-state index in [4.69, 9.17) is 0 Å². The zero-order chi connectivity index (χ0) is 13.2. The van der Waals surface area contributed by atoms with Crippen molar-refractivity contribution in [2.45, 2.75) is 0 Å².